The number of carbonyl (C=O) groups excluding carboxylic acids is 1. The Morgan fingerprint density at radius 2 is 2.00 bits per heavy atom. The first-order chi connectivity index (χ1) is 9.24. The quantitative estimate of drug-likeness (QED) is 0.918. The number of halogens is 1. The SMILES string of the molecule is O=C([C@H]1CCCN1)N(Cc1ccc(Cl)cc1)C1CC1. The minimum Gasteiger partial charge on any atom is -0.334 e. The number of hydrogen-bond donors (Lipinski definition) is 1. The van der Waals surface area contributed by atoms with Gasteiger partial charge in [0.05, 0.1) is 6.04 Å². The van der Waals surface area contributed by atoms with Crippen LogP contribution in [0.1, 0.15) is 31.2 Å². The molecule has 1 atom stereocenters. The molecule has 4 heteroatoms. The molecule has 1 N–H and O–H groups in total. The largest absolute Gasteiger partial charge is 0.334 e. The Labute approximate surface area is 118 Å². The van der Waals surface area contributed by atoms with Crippen molar-refractivity contribution in [1.29, 1.82) is 0 Å². The number of rotatable bonds is 4. The summed E-state index contributed by atoms with van der Waals surface area (Å²) in [6.45, 7) is 1.68. The fraction of sp³-hybridized carbons (Fsp3) is 0.533. The van der Waals surface area contributed by atoms with Crippen LogP contribution >= 0.6 is 11.6 Å². The van der Waals surface area contributed by atoms with Crippen molar-refractivity contribution < 1.29 is 4.79 Å². The normalized spacial score (nSPS) is 22.5. The van der Waals surface area contributed by atoms with Crippen molar-refractivity contribution in [3.8, 4) is 0 Å². The molecule has 0 radical (unpaired) electrons. The van der Waals surface area contributed by atoms with Gasteiger partial charge in [0.25, 0.3) is 0 Å². The van der Waals surface area contributed by atoms with Crippen LogP contribution in [-0.4, -0.2) is 29.4 Å². The average Bonchev–Trinajstić information content (AvgIpc) is 3.11. The van der Waals surface area contributed by atoms with Gasteiger partial charge in [-0.25, -0.2) is 0 Å². The molecule has 1 saturated carbocycles. The number of benzene rings is 1. The van der Waals surface area contributed by atoms with Crippen molar-refractivity contribution in [3.63, 3.8) is 0 Å². The van der Waals surface area contributed by atoms with E-state index in [4.69, 9.17) is 11.6 Å². The van der Waals surface area contributed by atoms with Gasteiger partial charge in [-0.1, -0.05) is 23.7 Å². The number of nitrogens with zero attached hydrogens (tertiary/aromatic N) is 1. The van der Waals surface area contributed by atoms with E-state index >= 15 is 0 Å². The van der Waals surface area contributed by atoms with Crippen LogP contribution in [0, 0.1) is 0 Å². The second kappa shape index (κ2) is 5.51. The summed E-state index contributed by atoms with van der Waals surface area (Å²) in [6, 6.07) is 8.28. The zero-order valence-electron chi connectivity index (χ0n) is 10.9. The fourth-order valence-electron chi connectivity index (χ4n) is 2.66. The Kier molecular flexibility index (Phi) is 3.76. The van der Waals surface area contributed by atoms with Gasteiger partial charge in [0.2, 0.25) is 5.91 Å². The highest BCUT2D eigenvalue weighted by molar-refractivity contribution is 6.30. The van der Waals surface area contributed by atoms with E-state index in [1.165, 1.54) is 0 Å². The van der Waals surface area contributed by atoms with E-state index in [0.717, 1.165) is 42.8 Å². The molecule has 1 aromatic rings. The zero-order chi connectivity index (χ0) is 13.2. The molecule has 2 aliphatic rings. The lowest BCUT2D eigenvalue weighted by Gasteiger charge is -2.25. The Balaban J connectivity index is 1.70. The first-order valence-electron chi connectivity index (χ1n) is 7.02. The summed E-state index contributed by atoms with van der Waals surface area (Å²) < 4.78 is 0. The zero-order valence-corrected chi connectivity index (χ0v) is 11.7. The summed E-state index contributed by atoms with van der Waals surface area (Å²) in [5.41, 5.74) is 1.16. The van der Waals surface area contributed by atoms with E-state index in [1.54, 1.807) is 0 Å². The van der Waals surface area contributed by atoms with E-state index in [0.29, 0.717) is 12.6 Å². The van der Waals surface area contributed by atoms with Gasteiger partial charge >= 0.3 is 0 Å². The summed E-state index contributed by atoms with van der Waals surface area (Å²) in [5.74, 6) is 0.273. The van der Waals surface area contributed by atoms with Crippen LogP contribution in [-0.2, 0) is 11.3 Å². The average molecular weight is 279 g/mol. The lowest BCUT2D eigenvalue weighted by Crippen LogP contribution is -2.44. The van der Waals surface area contributed by atoms with Gasteiger partial charge in [0.1, 0.15) is 0 Å². The molecule has 1 aliphatic carbocycles. The van der Waals surface area contributed by atoms with Gasteiger partial charge < -0.3 is 10.2 Å². The van der Waals surface area contributed by atoms with Gasteiger partial charge in [-0.2, -0.15) is 0 Å². The highest BCUT2D eigenvalue weighted by Gasteiger charge is 2.36. The van der Waals surface area contributed by atoms with Crippen molar-refractivity contribution in [3.05, 3.63) is 34.9 Å². The van der Waals surface area contributed by atoms with Crippen LogP contribution in [0.4, 0.5) is 0 Å². The molecule has 19 heavy (non-hydrogen) atoms. The summed E-state index contributed by atoms with van der Waals surface area (Å²) in [5, 5.41) is 4.04. The highest BCUT2D eigenvalue weighted by atomic mass is 35.5. The second-order valence-corrected chi connectivity index (χ2v) is 5.91. The van der Waals surface area contributed by atoms with Crippen molar-refractivity contribution in [1.82, 2.24) is 10.2 Å². The monoisotopic (exact) mass is 278 g/mol. The molecule has 1 heterocycles. The van der Waals surface area contributed by atoms with Crippen LogP contribution in [0.15, 0.2) is 24.3 Å². The first kappa shape index (κ1) is 12.9. The van der Waals surface area contributed by atoms with Crippen LogP contribution in [0.25, 0.3) is 0 Å². The lowest BCUT2D eigenvalue weighted by molar-refractivity contribution is -0.134. The van der Waals surface area contributed by atoms with Crippen molar-refractivity contribution in [2.24, 2.45) is 0 Å². The van der Waals surface area contributed by atoms with E-state index in [-0.39, 0.29) is 11.9 Å². The number of carbonyl (C=O) groups is 1. The molecular formula is C15H19ClN2O. The molecule has 3 rings (SSSR count). The molecule has 1 saturated heterocycles. The van der Waals surface area contributed by atoms with Gasteiger partial charge in [0, 0.05) is 17.6 Å². The van der Waals surface area contributed by atoms with Crippen molar-refractivity contribution in [2.75, 3.05) is 6.54 Å². The minimum absolute atomic E-state index is 0.0351. The van der Waals surface area contributed by atoms with Crippen molar-refractivity contribution >= 4 is 17.5 Å². The first-order valence-corrected chi connectivity index (χ1v) is 7.40. The minimum atomic E-state index is 0.0351. The van der Waals surface area contributed by atoms with Gasteiger partial charge in [-0.05, 0) is 49.9 Å². The van der Waals surface area contributed by atoms with E-state index < -0.39 is 0 Å². The van der Waals surface area contributed by atoms with Crippen LogP contribution < -0.4 is 5.32 Å². The molecular weight excluding hydrogens is 260 g/mol. The summed E-state index contributed by atoms with van der Waals surface area (Å²) >= 11 is 5.90. The molecule has 0 aromatic heterocycles. The molecule has 2 fully saturated rings. The Morgan fingerprint density at radius 3 is 2.58 bits per heavy atom. The summed E-state index contributed by atoms with van der Waals surface area (Å²) in [4.78, 5) is 14.6. The van der Waals surface area contributed by atoms with Crippen LogP contribution in [0.5, 0.6) is 0 Å². The molecule has 0 spiro atoms. The third kappa shape index (κ3) is 3.10. The van der Waals surface area contributed by atoms with Crippen LogP contribution in [0.2, 0.25) is 5.02 Å². The molecule has 0 bridgehead atoms. The van der Waals surface area contributed by atoms with E-state index in [1.807, 2.05) is 29.2 Å². The third-order valence-corrected chi connectivity index (χ3v) is 4.15. The third-order valence-electron chi connectivity index (χ3n) is 3.90. The maximum Gasteiger partial charge on any atom is 0.240 e. The molecule has 0 unspecified atom stereocenters. The van der Waals surface area contributed by atoms with Crippen molar-refractivity contribution in [2.45, 2.75) is 44.3 Å². The second-order valence-electron chi connectivity index (χ2n) is 5.47. The lowest BCUT2D eigenvalue weighted by atomic mass is 10.1. The Bertz CT molecular complexity index is 450. The molecule has 1 amide bonds. The predicted molar refractivity (Wildman–Crippen MR) is 76.0 cm³/mol. The van der Waals surface area contributed by atoms with Gasteiger partial charge in [-0.15, -0.1) is 0 Å². The smallest absolute Gasteiger partial charge is 0.240 e. The fourth-order valence-corrected chi connectivity index (χ4v) is 2.78. The van der Waals surface area contributed by atoms with E-state index in [2.05, 4.69) is 5.32 Å². The van der Waals surface area contributed by atoms with Crippen LogP contribution in [0.3, 0.4) is 0 Å². The van der Waals surface area contributed by atoms with E-state index in [9.17, 15) is 4.79 Å². The Hall–Kier alpha value is -1.06. The topological polar surface area (TPSA) is 32.3 Å². The molecule has 3 nitrogen and oxygen atoms in total. The molecule has 1 aromatic carbocycles. The standard InChI is InChI=1S/C15H19ClN2O/c16-12-5-3-11(4-6-12)10-18(13-7-8-13)15(19)14-2-1-9-17-14/h3-6,13-14,17H,1-2,7-10H2/t14-/m1/s1. The summed E-state index contributed by atoms with van der Waals surface area (Å²) in [6.07, 6.45) is 4.37. The maximum absolute atomic E-state index is 12.5. The maximum atomic E-state index is 12.5. The molecule has 1 aliphatic heterocycles. The van der Waals surface area contributed by atoms with Gasteiger partial charge in [-0.3, -0.25) is 4.79 Å². The molecule has 102 valence electrons. The number of nitrogens with one attached hydrogen (secondary N) is 1. The Morgan fingerprint density at radius 1 is 1.26 bits per heavy atom. The number of hydrogen-bond acceptors (Lipinski definition) is 2. The predicted octanol–water partition coefficient (Wildman–Crippen LogP) is 2.58. The summed E-state index contributed by atoms with van der Waals surface area (Å²) in [7, 11) is 0. The van der Waals surface area contributed by atoms with Gasteiger partial charge in [0.15, 0.2) is 0 Å². The highest BCUT2D eigenvalue weighted by Crippen LogP contribution is 2.30. The number of amides is 1.